The zero-order chi connectivity index (χ0) is 16.2. The third-order valence-electron chi connectivity index (χ3n) is 4.53. The highest BCUT2D eigenvalue weighted by Crippen LogP contribution is 2.42. The topological polar surface area (TPSA) is 40.5 Å². The molecule has 3 rings (SSSR count). The van der Waals surface area contributed by atoms with E-state index >= 15 is 0 Å². The van der Waals surface area contributed by atoms with Crippen molar-refractivity contribution >= 4 is 12.2 Å². The van der Waals surface area contributed by atoms with Gasteiger partial charge in [0.05, 0.1) is 0 Å². The van der Waals surface area contributed by atoms with Crippen LogP contribution in [0.25, 0.3) is 12.2 Å². The Bertz CT molecular complexity index is 692. The van der Waals surface area contributed by atoms with Gasteiger partial charge in [-0.05, 0) is 42.5 Å². The number of hydrogen-bond donors (Lipinski definition) is 2. The molecule has 0 aromatic heterocycles. The average molecular weight is 312 g/mol. The van der Waals surface area contributed by atoms with Gasteiger partial charge in [0.1, 0.15) is 17.3 Å². The Labute approximate surface area is 135 Å². The summed E-state index contributed by atoms with van der Waals surface area (Å²) in [6.45, 7) is 0. The molecule has 2 aromatic rings. The molecule has 3 heteroatoms. The van der Waals surface area contributed by atoms with Gasteiger partial charge in [0.2, 0.25) is 0 Å². The molecule has 0 radical (unpaired) electrons. The molecular formula is C20H21FO2. The lowest BCUT2D eigenvalue weighted by Gasteiger charge is -2.23. The van der Waals surface area contributed by atoms with Crippen LogP contribution in [0.3, 0.4) is 0 Å². The van der Waals surface area contributed by atoms with Crippen molar-refractivity contribution in [3.05, 3.63) is 58.9 Å². The van der Waals surface area contributed by atoms with E-state index in [1.807, 2.05) is 0 Å². The van der Waals surface area contributed by atoms with Crippen molar-refractivity contribution in [1.29, 1.82) is 0 Å². The number of aromatic hydroxyl groups is 2. The molecule has 0 unspecified atom stereocenters. The minimum Gasteiger partial charge on any atom is -0.507 e. The number of rotatable bonds is 3. The van der Waals surface area contributed by atoms with E-state index in [0.717, 1.165) is 25.7 Å². The average Bonchev–Trinajstić information content (AvgIpc) is 2.54. The number of phenols is 2. The molecule has 0 atom stereocenters. The molecule has 0 heterocycles. The lowest BCUT2D eigenvalue weighted by molar-refractivity contribution is 0.389. The highest BCUT2D eigenvalue weighted by molar-refractivity contribution is 5.72. The lowest BCUT2D eigenvalue weighted by atomic mass is 9.83. The predicted molar refractivity (Wildman–Crippen MR) is 90.9 cm³/mol. The van der Waals surface area contributed by atoms with Gasteiger partial charge in [-0.15, -0.1) is 0 Å². The van der Waals surface area contributed by atoms with E-state index in [1.165, 1.54) is 12.5 Å². The maximum absolute atomic E-state index is 13.6. The van der Waals surface area contributed by atoms with E-state index in [-0.39, 0.29) is 23.2 Å². The second-order valence-electron chi connectivity index (χ2n) is 6.16. The smallest absolute Gasteiger partial charge is 0.130 e. The van der Waals surface area contributed by atoms with Crippen molar-refractivity contribution in [3.8, 4) is 11.5 Å². The summed E-state index contributed by atoms with van der Waals surface area (Å²) in [5.41, 5.74) is 1.79. The summed E-state index contributed by atoms with van der Waals surface area (Å²) in [4.78, 5) is 0. The number of benzene rings is 2. The van der Waals surface area contributed by atoms with Crippen molar-refractivity contribution in [2.45, 2.75) is 38.0 Å². The molecule has 1 fully saturated rings. The highest BCUT2D eigenvalue weighted by Gasteiger charge is 2.22. The van der Waals surface area contributed by atoms with Gasteiger partial charge in [-0.2, -0.15) is 0 Å². The van der Waals surface area contributed by atoms with Gasteiger partial charge in [-0.1, -0.05) is 49.6 Å². The highest BCUT2D eigenvalue weighted by atomic mass is 19.1. The first kappa shape index (κ1) is 15.6. The summed E-state index contributed by atoms with van der Waals surface area (Å²) in [5.74, 6) is 0.194. The first-order valence-corrected chi connectivity index (χ1v) is 8.13. The molecule has 2 N–H and O–H groups in total. The zero-order valence-corrected chi connectivity index (χ0v) is 13.0. The monoisotopic (exact) mass is 312 g/mol. The molecule has 23 heavy (non-hydrogen) atoms. The number of halogens is 1. The summed E-state index contributed by atoms with van der Waals surface area (Å²) in [7, 11) is 0. The standard InChI is InChI=1S/C20H21FO2/c21-17-9-5-4-6-15(17)11-10-14-12-18(22)20(19(23)13-14)16-7-2-1-3-8-16/h4-6,9-13,16,22-23H,1-3,7-8H2. The lowest BCUT2D eigenvalue weighted by Crippen LogP contribution is -2.05. The third kappa shape index (κ3) is 3.55. The van der Waals surface area contributed by atoms with Crippen LogP contribution in [0, 0.1) is 5.82 Å². The maximum atomic E-state index is 13.6. The molecule has 0 spiro atoms. The number of phenolic OH excluding ortho intramolecular Hbond substituents is 2. The Morgan fingerprint density at radius 2 is 1.57 bits per heavy atom. The molecule has 0 amide bonds. The molecule has 1 aliphatic rings. The van der Waals surface area contributed by atoms with Gasteiger partial charge in [-0.25, -0.2) is 4.39 Å². The first-order valence-electron chi connectivity index (χ1n) is 8.13. The van der Waals surface area contributed by atoms with E-state index in [4.69, 9.17) is 0 Å². The fraction of sp³-hybridized carbons (Fsp3) is 0.300. The van der Waals surface area contributed by atoms with E-state index in [9.17, 15) is 14.6 Å². The Morgan fingerprint density at radius 3 is 2.22 bits per heavy atom. The van der Waals surface area contributed by atoms with Crippen LogP contribution in [-0.2, 0) is 0 Å². The third-order valence-corrected chi connectivity index (χ3v) is 4.53. The van der Waals surface area contributed by atoms with Gasteiger partial charge in [0.15, 0.2) is 0 Å². The molecule has 2 nitrogen and oxygen atoms in total. The quantitative estimate of drug-likeness (QED) is 0.739. The first-order chi connectivity index (χ1) is 11.1. The predicted octanol–water partition coefficient (Wildman–Crippen LogP) is 5.46. The van der Waals surface area contributed by atoms with Gasteiger partial charge < -0.3 is 10.2 Å². The van der Waals surface area contributed by atoms with Crippen LogP contribution in [0.15, 0.2) is 36.4 Å². The van der Waals surface area contributed by atoms with E-state index in [0.29, 0.717) is 16.7 Å². The van der Waals surface area contributed by atoms with E-state index < -0.39 is 0 Å². The summed E-state index contributed by atoms with van der Waals surface area (Å²) in [6.07, 6.45) is 8.85. The van der Waals surface area contributed by atoms with Crippen molar-refractivity contribution < 1.29 is 14.6 Å². The van der Waals surface area contributed by atoms with Crippen LogP contribution >= 0.6 is 0 Å². The number of hydrogen-bond acceptors (Lipinski definition) is 2. The minimum atomic E-state index is -0.295. The van der Waals surface area contributed by atoms with Crippen molar-refractivity contribution in [1.82, 2.24) is 0 Å². The molecule has 0 saturated heterocycles. The summed E-state index contributed by atoms with van der Waals surface area (Å²) in [6, 6.07) is 9.78. The van der Waals surface area contributed by atoms with Crippen LogP contribution in [-0.4, -0.2) is 10.2 Å². The van der Waals surface area contributed by atoms with Crippen LogP contribution in [0.4, 0.5) is 4.39 Å². The Morgan fingerprint density at radius 1 is 0.913 bits per heavy atom. The normalized spacial score (nSPS) is 16.0. The summed E-state index contributed by atoms with van der Waals surface area (Å²) < 4.78 is 13.6. The molecule has 1 aliphatic carbocycles. The van der Waals surface area contributed by atoms with Crippen LogP contribution in [0.5, 0.6) is 11.5 Å². The second-order valence-corrected chi connectivity index (χ2v) is 6.16. The summed E-state index contributed by atoms with van der Waals surface area (Å²) >= 11 is 0. The zero-order valence-electron chi connectivity index (χ0n) is 13.0. The summed E-state index contributed by atoms with van der Waals surface area (Å²) in [5, 5.41) is 20.6. The molecular weight excluding hydrogens is 291 g/mol. The van der Waals surface area contributed by atoms with Gasteiger partial charge in [0.25, 0.3) is 0 Å². The minimum absolute atomic E-state index is 0.130. The molecule has 0 aliphatic heterocycles. The Balaban J connectivity index is 1.86. The van der Waals surface area contributed by atoms with E-state index in [2.05, 4.69) is 0 Å². The Kier molecular flexibility index (Phi) is 4.65. The van der Waals surface area contributed by atoms with Crippen LogP contribution in [0.2, 0.25) is 0 Å². The fourth-order valence-electron chi connectivity index (χ4n) is 3.35. The van der Waals surface area contributed by atoms with Gasteiger partial charge in [0, 0.05) is 11.1 Å². The molecule has 1 saturated carbocycles. The second kappa shape index (κ2) is 6.86. The SMILES string of the molecule is Oc1cc(C=Cc2ccccc2F)cc(O)c1C1CCCCC1. The van der Waals surface area contributed by atoms with Crippen LogP contribution in [0.1, 0.15) is 54.7 Å². The maximum Gasteiger partial charge on any atom is 0.130 e. The largest absolute Gasteiger partial charge is 0.507 e. The van der Waals surface area contributed by atoms with Gasteiger partial charge >= 0.3 is 0 Å². The van der Waals surface area contributed by atoms with Gasteiger partial charge in [-0.3, -0.25) is 0 Å². The fourth-order valence-corrected chi connectivity index (χ4v) is 3.35. The van der Waals surface area contributed by atoms with Crippen molar-refractivity contribution in [2.24, 2.45) is 0 Å². The molecule has 2 aromatic carbocycles. The molecule has 0 bridgehead atoms. The van der Waals surface area contributed by atoms with E-state index in [1.54, 1.807) is 42.5 Å². The van der Waals surface area contributed by atoms with Crippen LogP contribution < -0.4 is 0 Å². The Hall–Kier alpha value is -2.29. The van der Waals surface area contributed by atoms with Crippen molar-refractivity contribution in [2.75, 3.05) is 0 Å². The molecule has 120 valence electrons. The van der Waals surface area contributed by atoms with Crippen molar-refractivity contribution in [3.63, 3.8) is 0 Å².